The summed E-state index contributed by atoms with van der Waals surface area (Å²) in [7, 11) is 0. The molecule has 1 saturated carbocycles. The molecular weight excluding hydrogens is 88.1 g/mol. The lowest BCUT2D eigenvalue weighted by atomic mass is 10.2. The first-order valence-electron chi connectivity index (χ1n) is 2.72. The van der Waals surface area contributed by atoms with E-state index >= 15 is 0 Å². The highest BCUT2D eigenvalue weighted by Gasteiger charge is 2.36. The molecule has 0 amide bonds. The number of carbonyl (C=O) groups is 1. The van der Waals surface area contributed by atoms with Gasteiger partial charge < -0.3 is 0 Å². The van der Waals surface area contributed by atoms with Crippen LogP contribution in [0.3, 0.4) is 0 Å². The number of carbonyl (C=O) groups excluding carboxylic acids is 1. The molecule has 1 aliphatic rings. The van der Waals surface area contributed by atoms with Crippen LogP contribution in [0.15, 0.2) is 0 Å². The molecule has 0 bridgehead atoms. The number of rotatable bonds is 1. The summed E-state index contributed by atoms with van der Waals surface area (Å²) in [4.78, 5) is 10.4. The van der Waals surface area contributed by atoms with Gasteiger partial charge in [-0.3, -0.25) is 4.79 Å². The Kier molecular flexibility index (Phi) is 0.911. The van der Waals surface area contributed by atoms with Gasteiger partial charge in [-0.15, -0.1) is 0 Å². The molecule has 0 spiro atoms. The second-order valence-electron chi connectivity index (χ2n) is 2.43. The summed E-state index contributed by atoms with van der Waals surface area (Å²) in [5.74, 6) is 1.49. The zero-order chi connectivity index (χ0) is 5.44. The fraction of sp³-hybridized carbons (Fsp3) is 0.833. The van der Waals surface area contributed by atoms with Crippen LogP contribution in [0.1, 0.15) is 20.3 Å². The summed E-state index contributed by atoms with van der Waals surface area (Å²) in [5.41, 5.74) is 0. The molecular formula is C6H10O. The van der Waals surface area contributed by atoms with E-state index in [0.717, 1.165) is 6.42 Å². The minimum Gasteiger partial charge on any atom is -0.300 e. The van der Waals surface area contributed by atoms with Gasteiger partial charge in [0, 0.05) is 5.92 Å². The summed E-state index contributed by atoms with van der Waals surface area (Å²) >= 11 is 0. The largest absolute Gasteiger partial charge is 0.300 e. The van der Waals surface area contributed by atoms with Crippen molar-refractivity contribution in [3.63, 3.8) is 0 Å². The lowest BCUT2D eigenvalue weighted by molar-refractivity contribution is -0.118. The molecule has 1 rings (SSSR count). The Bertz CT molecular complexity index is 96.4. The summed E-state index contributed by atoms with van der Waals surface area (Å²) in [6.45, 7) is 3.79. The Morgan fingerprint density at radius 3 is 2.14 bits per heavy atom. The van der Waals surface area contributed by atoms with Crippen molar-refractivity contribution in [1.29, 1.82) is 0 Å². The van der Waals surface area contributed by atoms with Gasteiger partial charge in [0.05, 0.1) is 0 Å². The third kappa shape index (κ3) is 0.817. The lowest BCUT2D eigenvalue weighted by Gasteiger charge is -1.80. The van der Waals surface area contributed by atoms with Gasteiger partial charge in [-0.2, -0.15) is 0 Å². The van der Waals surface area contributed by atoms with E-state index < -0.39 is 0 Å². The number of ketones is 1. The zero-order valence-corrected chi connectivity index (χ0v) is 4.77. The van der Waals surface area contributed by atoms with Gasteiger partial charge in [0.15, 0.2) is 0 Å². The van der Waals surface area contributed by atoms with E-state index in [4.69, 9.17) is 0 Å². The van der Waals surface area contributed by atoms with Gasteiger partial charge in [-0.25, -0.2) is 0 Å². The van der Waals surface area contributed by atoms with Crippen molar-refractivity contribution >= 4 is 5.78 Å². The lowest BCUT2D eigenvalue weighted by Crippen LogP contribution is -1.92. The third-order valence-electron chi connectivity index (χ3n) is 1.63. The molecule has 0 heterocycles. The molecule has 0 aromatic heterocycles. The second-order valence-corrected chi connectivity index (χ2v) is 2.43. The van der Waals surface area contributed by atoms with E-state index in [-0.39, 0.29) is 0 Å². The minimum atomic E-state index is 0.368. The first kappa shape index (κ1) is 4.82. The Morgan fingerprint density at radius 2 is 2.14 bits per heavy atom. The maximum Gasteiger partial charge on any atom is 0.133 e. The van der Waals surface area contributed by atoms with Crippen molar-refractivity contribution in [2.75, 3.05) is 0 Å². The molecule has 0 radical (unpaired) electrons. The Labute approximate surface area is 43.7 Å². The van der Waals surface area contributed by atoms with Crippen molar-refractivity contribution in [2.24, 2.45) is 11.8 Å². The van der Waals surface area contributed by atoms with Gasteiger partial charge in [-0.05, 0) is 19.3 Å². The zero-order valence-electron chi connectivity index (χ0n) is 4.77. The van der Waals surface area contributed by atoms with E-state index in [9.17, 15) is 4.79 Å². The number of Topliss-reactive ketones (excluding diaryl/α,β-unsaturated/α-hetero) is 1. The van der Waals surface area contributed by atoms with Crippen molar-refractivity contribution in [1.82, 2.24) is 0 Å². The van der Waals surface area contributed by atoms with Gasteiger partial charge in [0.1, 0.15) is 5.78 Å². The molecule has 7 heavy (non-hydrogen) atoms. The van der Waals surface area contributed by atoms with Crippen molar-refractivity contribution in [3.05, 3.63) is 0 Å². The summed E-state index contributed by atoms with van der Waals surface area (Å²) < 4.78 is 0. The molecule has 0 aliphatic heterocycles. The quantitative estimate of drug-likeness (QED) is 0.482. The van der Waals surface area contributed by atoms with E-state index in [1.54, 1.807) is 6.92 Å². The minimum absolute atomic E-state index is 0.368. The molecule has 0 aromatic carbocycles. The van der Waals surface area contributed by atoms with Crippen LogP contribution in [0.25, 0.3) is 0 Å². The summed E-state index contributed by atoms with van der Waals surface area (Å²) in [6, 6.07) is 0. The van der Waals surface area contributed by atoms with Crippen LogP contribution in [0.5, 0.6) is 0 Å². The smallest absolute Gasteiger partial charge is 0.133 e. The first-order chi connectivity index (χ1) is 3.22. The Morgan fingerprint density at radius 1 is 1.71 bits per heavy atom. The third-order valence-corrected chi connectivity index (χ3v) is 1.63. The number of hydrogen-bond acceptors (Lipinski definition) is 1. The normalized spacial score (nSPS) is 38.0. The van der Waals surface area contributed by atoms with E-state index in [2.05, 4.69) is 6.92 Å². The predicted octanol–water partition coefficient (Wildman–Crippen LogP) is 1.23. The summed E-state index contributed by atoms with van der Waals surface area (Å²) in [5, 5.41) is 0. The number of hydrogen-bond donors (Lipinski definition) is 0. The molecule has 1 heteroatoms. The maximum absolute atomic E-state index is 10.4. The molecule has 0 aromatic rings. The van der Waals surface area contributed by atoms with Gasteiger partial charge in [-0.1, -0.05) is 6.92 Å². The second kappa shape index (κ2) is 1.32. The van der Waals surface area contributed by atoms with E-state index in [0.29, 0.717) is 17.6 Å². The molecule has 40 valence electrons. The van der Waals surface area contributed by atoms with Crippen LogP contribution in [-0.2, 0) is 4.79 Å². The van der Waals surface area contributed by atoms with Crippen molar-refractivity contribution in [2.45, 2.75) is 20.3 Å². The van der Waals surface area contributed by atoms with Crippen LogP contribution in [-0.4, -0.2) is 5.78 Å². The highest BCUT2D eigenvalue weighted by Crippen LogP contribution is 2.37. The molecule has 2 atom stereocenters. The van der Waals surface area contributed by atoms with Crippen LogP contribution in [0, 0.1) is 11.8 Å². The maximum atomic E-state index is 10.4. The van der Waals surface area contributed by atoms with Gasteiger partial charge >= 0.3 is 0 Å². The molecule has 1 fully saturated rings. The Hall–Kier alpha value is -0.330. The molecule has 0 N–H and O–H groups in total. The monoisotopic (exact) mass is 98.1 g/mol. The molecule has 0 saturated heterocycles. The highest BCUT2D eigenvalue weighted by molar-refractivity contribution is 5.80. The average Bonchev–Trinajstić information content (AvgIpc) is 2.17. The van der Waals surface area contributed by atoms with Crippen LogP contribution < -0.4 is 0 Å². The van der Waals surface area contributed by atoms with Gasteiger partial charge in [0.25, 0.3) is 0 Å². The SMILES string of the molecule is CC(=O)[C@H]1C[C@@H]1C. The summed E-state index contributed by atoms with van der Waals surface area (Å²) in [6.07, 6.45) is 1.13. The molecule has 1 nitrogen and oxygen atoms in total. The fourth-order valence-corrected chi connectivity index (χ4v) is 0.889. The Balaban J connectivity index is 2.33. The van der Waals surface area contributed by atoms with Gasteiger partial charge in [0.2, 0.25) is 0 Å². The van der Waals surface area contributed by atoms with E-state index in [1.807, 2.05) is 0 Å². The molecule has 0 unspecified atom stereocenters. The van der Waals surface area contributed by atoms with E-state index in [1.165, 1.54) is 0 Å². The van der Waals surface area contributed by atoms with Crippen LogP contribution in [0.4, 0.5) is 0 Å². The standard InChI is InChI=1S/C6H10O/c1-4-3-6(4)5(2)7/h4,6H,3H2,1-2H3/t4-,6-/m0/s1. The average molecular weight is 98.1 g/mol. The molecule has 1 aliphatic carbocycles. The predicted molar refractivity (Wildman–Crippen MR) is 28.0 cm³/mol. The van der Waals surface area contributed by atoms with Crippen LogP contribution in [0.2, 0.25) is 0 Å². The van der Waals surface area contributed by atoms with Crippen molar-refractivity contribution in [3.8, 4) is 0 Å². The topological polar surface area (TPSA) is 17.1 Å². The van der Waals surface area contributed by atoms with Crippen molar-refractivity contribution < 1.29 is 4.79 Å². The fourth-order valence-electron chi connectivity index (χ4n) is 0.889. The van der Waals surface area contributed by atoms with Crippen LogP contribution >= 0.6 is 0 Å². The highest BCUT2D eigenvalue weighted by atomic mass is 16.1. The first-order valence-corrected chi connectivity index (χ1v) is 2.72.